The van der Waals surface area contributed by atoms with Gasteiger partial charge in [-0.1, -0.05) is 29.8 Å². The number of aryl methyl sites for hydroxylation is 1. The standard InChI is InChI=1S/C18H17NO5/c1-3-23-18(20)17(24-16-9-7-13(2)8-10-16)12-14-5-4-6-15(11-14)19(21)22/h4-12H,3H2,1-2H3/b17-12-. The van der Waals surface area contributed by atoms with Crippen LogP contribution in [0.25, 0.3) is 6.08 Å². The van der Waals surface area contributed by atoms with Gasteiger partial charge in [-0.05, 0) is 37.6 Å². The van der Waals surface area contributed by atoms with E-state index in [2.05, 4.69) is 0 Å². The van der Waals surface area contributed by atoms with Gasteiger partial charge in [-0.3, -0.25) is 10.1 Å². The summed E-state index contributed by atoms with van der Waals surface area (Å²) in [6.45, 7) is 3.83. The molecule has 6 nitrogen and oxygen atoms in total. The normalized spacial score (nSPS) is 11.0. The Morgan fingerprint density at radius 3 is 2.54 bits per heavy atom. The molecule has 0 amide bonds. The second-order valence-corrected chi connectivity index (χ2v) is 5.00. The third-order valence-electron chi connectivity index (χ3n) is 3.10. The molecule has 2 rings (SSSR count). The van der Waals surface area contributed by atoms with Gasteiger partial charge in [0, 0.05) is 12.1 Å². The van der Waals surface area contributed by atoms with E-state index in [1.54, 1.807) is 31.2 Å². The summed E-state index contributed by atoms with van der Waals surface area (Å²) in [6.07, 6.45) is 1.42. The Kier molecular flexibility index (Phi) is 5.68. The number of rotatable bonds is 6. The zero-order valence-electron chi connectivity index (χ0n) is 13.4. The predicted octanol–water partition coefficient (Wildman–Crippen LogP) is 3.89. The van der Waals surface area contributed by atoms with Crippen LogP contribution in [0.1, 0.15) is 18.1 Å². The molecule has 0 aromatic heterocycles. The van der Waals surface area contributed by atoms with Crippen LogP contribution in [0, 0.1) is 17.0 Å². The highest BCUT2D eigenvalue weighted by Crippen LogP contribution is 2.20. The Bertz CT molecular complexity index is 765. The molecule has 124 valence electrons. The first-order chi connectivity index (χ1) is 11.5. The summed E-state index contributed by atoms with van der Waals surface area (Å²) in [4.78, 5) is 22.5. The largest absolute Gasteiger partial charge is 0.460 e. The molecule has 0 saturated carbocycles. The fraction of sp³-hybridized carbons (Fsp3) is 0.167. The van der Waals surface area contributed by atoms with Crippen molar-refractivity contribution in [2.24, 2.45) is 0 Å². The molecule has 0 unspecified atom stereocenters. The first kappa shape index (κ1) is 17.2. The van der Waals surface area contributed by atoms with E-state index in [4.69, 9.17) is 9.47 Å². The second kappa shape index (κ2) is 7.92. The van der Waals surface area contributed by atoms with E-state index in [1.165, 1.54) is 18.2 Å². The van der Waals surface area contributed by atoms with Crippen molar-refractivity contribution in [3.63, 3.8) is 0 Å². The number of esters is 1. The molecule has 0 aliphatic rings. The SMILES string of the molecule is CCOC(=O)/C(=C/c1cccc([N+](=O)[O-])c1)Oc1ccc(C)cc1. The molecular formula is C18H17NO5. The molecule has 0 aliphatic heterocycles. The second-order valence-electron chi connectivity index (χ2n) is 5.00. The lowest BCUT2D eigenvalue weighted by atomic mass is 10.2. The van der Waals surface area contributed by atoms with Crippen LogP contribution in [0.15, 0.2) is 54.3 Å². The van der Waals surface area contributed by atoms with Crippen molar-refractivity contribution in [2.75, 3.05) is 6.61 Å². The van der Waals surface area contributed by atoms with Gasteiger partial charge in [0.25, 0.3) is 5.69 Å². The van der Waals surface area contributed by atoms with Crippen molar-refractivity contribution < 1.29 is 19.2 Å². The topological polar surface area (TPSA) is 78.7 Å². The monoisotopic (exact) mass is 327 g/mol. The minimum absolute atomic E-state index is 0.0406. The number of nitrogens with zero attached hydrogens (tertiary/aromatic N) is 1. The summed E-state index contributed by atoms with van der Waals surface area (Å²) in [6, 6.07) is 13.1. The maximum Gasteiger partial charge on any atom is 0.374 e. The van der Waals surface area contributed by atoms with E-state index >= 15 is 0 Å². The average Bonchev–Trinajstić information content (AvgIpc) is 2.56. The quantitative estimate of drug-likeness (QED) is 0.264. The average molecular weight is 327 g/mol. The van der Waals surface area contributed by atoms with Crippen LogP contribution in [-0.2, 0) is 9.53 Å². The fourth-order valence-corrected chi connectivity index (χ4v) is 1.95. The Morgan fingerprint density at radius 2 is 1.92 bits per heavy atom. The highest BCUT2D eigenvalue weighted by molar-refractivity contribution is 5.92. The molecule has 0 heterocycles. The lowest BCUT2D eigenvalue weighted by Gasteiger charge is -2.09. The van der Waals surface area contributed by atoms with Gasteiger partial charge in [-0.15, -0.1) is 0 Å². The van der Waals surface area contributed by atoms with Gasteiger partial charge < -0.3 is 9.47 Å². The van der Waals surface area contributed by atoms with Gasteiger partial charge in [0.05, 0.1) is 11.5 Å². The molecule has 0 saturated heterocycles. The number of carbonyl (C=O) groups excluding carboxylic acids is 1. The molecule has 0 bridgehead atoms. The van der Waals surface area contributed by atoms with Crippen LogP contribution in [0.5, 0.6) is 5.75 Å². The van der Waals surface area contributed by atoms with E-state index < -0.39 is 10.9 Å². The number of hydrogen-bond donors (Lipinski definition) is 0. The van der Waals surface area contributed by atoms with E-state index in [1.807, 2.05) is 19.1 Å². The third kappa shape index (κ3) is 4.67. The number of carbonyl (C=O) groups is 1. The van der Waals surface area contributed by atoms with Crippen LogP contribution in [-0.4, -0.2) is 17.5 Å². The van der Waals surface area contributed by atoms with Gasteiger partial charge in [0.1, 0.15) is 5.75 Å². The number of nitro groups is 1. The number of nitro benzene ring substituents is 1. The summed E-state index contributed by atoms with van der Waals surface area (Å²) in [7, 11) is 0. The molecular weight excluding hydrogens is 310 g/mol. The molecule has 2 aromatic rings. The van der Waals surface area contributed by atoms with Crippen molar-refractivity contribution in [3.05, 3.63) is 75.5 Å². The smallest absolute Gasteiger partial charge is 0.374 e. The Morgan fingerprint density at radius 1 is 1.21 bits per heavy atom. The summed E-state index contributed by atoms with van der Waals surface area (Å²) < 4.78 is 10.6. The zero-order valence-corrected chi connectivity index (χ0v) is 13.4. The maximum atomic E-state index is 12.1. The summed E-state index contributed by atoms with van der Waals surface area (Å²) in [5.41, 5.74) is 1.46. The molecule has 0 atom stereocenters. The van der Waals surface area contributed by atoms with E-state index in [0.717, 1.165) is 5.56 Å². The highest BCUT2D eigenvalue weighted by Gasteiger charge is 2.15. The first-order valence-corrected chi connectivity index (χ1v) is 7.37. The predicted molar refractivity (Wildman–Crippen MR) is 89.5 cm³/mol. The molecule has 0 N–H and O–H groups in total. The summed E-state index contributed by atoms with van der Waals surface area (Å²) >= 11 is 0. The van der Waals surface area contributed by atoms with Gasteiger partial charge >= 0.3 is 5.97 Å². The molecule has 0 fully saturated rings. The van der Waals surface area contributed by atoms with Gasteiger partial charge in [0.15, 0.2) is 0 Å². The van der Waals surface area contributed by atoms with Gasteiger partial charge in [-0.25, -0.2) is 4.79 Å². The van der Waals surface area contributed by atoms with Crippen LogP contribution in [0.2, 0.25) is 0 Å². The van der Waals surface area contributed by atoms with E-state index in [0.29, 0.717) is 11.3 Å². The van der Waals surface area contributed by atoms with E-state index in [-0.39, 0.29) is 18.1 Å². The Balaban J connectivity index is 2.34. The molecule has 6 heteroatoms. The van der Waals surface area contributed by atoms with Crippen molar-refractivity contribution in [1.29, 1.82) is 0 Å². The molecule has 0 spiro atoms. The molecule has 2 aromatic carbocycles. The number of benzene rings is 2. The van der Waals surface area contributed by atoms with Gasteiger partial charge in [0.2, 0.25) is 5.76 Å². The Labute approximate surface area is 139 Å². The lowest BCUT2D eigenvalue weighted by molar-refractivity contribution is -0.384. The van der Waals surface area contributed by atoms with Crippen molar-refractivity contribution >= 4 is 17.7 Å². The third-order valence-corrected chi connectivity index (χ3v) is 3.10. The number of hydrogen-bond acceptors (Lipinski definition) is 5. The summed E-state index contributed by atoms with van der Waals surface area (Å²) in [5, 5.41) is 10.9. The molecule has 0 radical (unpaired) electrons. The first-order valence-electron chi connectivity index (χ1n) is 7.37. The van der Waals surface area contributed by atoms with Crippen LogP contribution in [0.4, 0.5) is 5.69 Å². The Hall–Kier alpha value is -3.15. The van der Waals surface area contributed by atoms with Crippen molar-refractivity contribution in [3.8, 4) is 5.75 Å². The van der Waals surface area contributed by atoms with Crippen molar-refractivity contribution in [2.45, 2.75) is 13.8 Å². The molecule has 24 heavy (non-hydrogen) atoms. The summed E-state index contributed by atoms with van der Waals surface area (Å²) in [5.74, 6) is -0.198. The maximum absolute atomic E-state index is 12.1. The van der Waals surface area contributed by atoms with Crippen molar-refractivity contribution in [1.82, 2.24) is 0 Å². The minimum Gasteiger partial charge on any atom is -0.460 e. The van der Waals surface area contributed by atoms with Crippen LogP contribution >= 0.6 is 0 Å². The van der Waals surface area contributed by atoms with Gasteiger partial charge in [-0.2, -0.15) is 0 Å². The van der Waals surface area contributed by atoms with E-state index in [9.17, 15) is 14.9 Å². The van der Waals surface area contributed by atoms with Crippen LogP contribution in [0.3, 0.4) is 0 Å². The van der Waals surface area contributed by atoms with Crippen LogP contribution < -0.4 is 4.74 Å². The number of non-ortho nitro benzene ring substituents is 1. The number of ether oxygens (including phenoxy) is 2. The zero-order chi connectivity index (χ0) is 17.5. The highest BCUT2D eigenvalue weighted by atomic mass is 16.6. The lowest BCUT2D eigenvalue weighted by Crippen LogP contribution is -2.12. The minimum atomic E-state index is -0.635. The fourth-order valence-electron chi connectivity index (χ4n) is 1.95. The molecule has 0 aliphatic carbocycles.